The van der Waals surface area contributed by atoms with Crippen molar-refractivity contribution in [3.05, 3.63) is 90.0 Å². The van der Waals surface area contributed by atoms with Crippen molar-refractivity contribution in [1.29, 1.82) is 0 Å². The molecule has 0 amide bonds. The lowest BCUT2D eigenvalue weighted by atomic mass is 10.0. The Labute approximate surface area is 215 Å². The Kier molecular flexibility index (Phi) is 6.50. The molecule has 0 spiro atoms. The maximum absolute atomic E-state index is 13.0. The van der Waals surface area contributed by atoms with Crippen LogP contribution in [0.2, 0.25) is 0 Å². The number of aromatic nitrogens is 5. The van der Waals surface area contributed by atoms with Gasteiger partial charge in [-0.2, -0.15) is 0 Å². The van der Waals surface area contributed by atoms with Crippen LogP contribution in [0, 0.1) is 6.92 Å². The van der Waals surface area contributed by atoms with Gasteiger partial charge in [-0.05, 0) is 48.4 Å². The summed E-state index contributed by atoms with van der Waals surface area (Å²) in [6.07, 6.45) is 0.0656. The zero-order valence-corrected chi connectivity index (χ0v) is 20.3. The number of fused-ring (bicyclic) bond motifs is 1. The zero-order chi connectivity index (χ0) is 26.9. The molecule has 0 bridgehead atoms. The number of hydrogen-bond acceptors (Lipinski definition) is 7. The molecule has 11 heteroatoms. The Morgan fingerprint density at radius 1 is 1.08 bits per heavy atom. The van der Waals surface area contributed by atoms with Gasteiger partial charge in [-0.3, -0.25) is 9.78 Å². The van der Waals surface area contributed by atoms with Crippen molar-refractivity contribution in [2.75, 3.05) is 5.32 Å². The zero-order valence-electron chi connectivity index (χ0n) is 20.3. The average molecular weight is 518 g/mol. The summed E-state index contributed by atoms with van der Waals surface area (Å²) < 4.78 is 43.5. The van der Waals surface area contributed by atoms with E-state index in [-0.39, 0.29) is 18.0 Å². The van der Waals surface area contributed by atoms with E-state index in [1.165, 1.54) is 18.2 Å². The standard InChI is InChI=1S/C27H21F3N6O2/c1-16-8-9-18(22(37)12-17-5-3-7-20(11-17)38-27(28,29)30)13-21(16)33-25-23-26(36(2)15-32-23)35-24(34-25)19-6-4-10-31-14-19/h3-11,13-15H,12H2,1-2H3,(H,33,34,35). The minimum atomic E-state index is -4.81. The summed E-state index contributed by atoms with van der Waals surface area (Å²) in [4.78, 5) is 30.9. The quantitative estimate of drug-likeness (QED) is 0.272. The average Bonchev–Trinajstić information content (AvgIpc) is 3.26. The number of nitrogens with one attached hydrogen (secondary N) is 1. The Morgan fingerprint density at radius 2 is 1.92 bits per heavy atom. The number of benzene rings is 2. The predicted molar refractivity (Wildman–Crippen MR) is 135 cm³/mol. The van der Waals surface area contributed by atoms with Crippen LogP contribution in [0.4, 0.5) is 24.7 Å². The van der Waals surface area contributed by atoms with Gasteiger partial charge >= 0.3 is 6.36 Å². The van der Waals surface area contributed by atoms with E-state index in [0.717, 1.165) is 11.1 Å². The lowest BCUT2D eigenvalue weighted by molar-refractivity contribution is -0.274. The number of ether oxygens (including phenoxy) is 1. The third-order valence-electron chi connectivity index (χ3n) is 5.79. The van der Waals surface area contributed by atoms with Crippen LogP contribution in [0.5, 0.6) is 5.75 Å². The van der Waals surface area contributed by atoms with E-state index in [0.29, 0.717) is 39.6 Å². The Hall–Kier alpha value is -4.80. The summed E-state index contributed by atoms with van der Waals surface area (Å²) in [6.45, 7) is 1.88. The van der Waals surface area contributed by atoms with E-state index in [1.807, 2.05) is 20.0 Å². The Morgan fingerprint density at radius 3 is 2.68 bits per heavy atom. The summed E-state index contributed by atoms with van der Waals surface area (Å²) in [5.74, 6) is 0.280. The first-order chi connectivity index (χ1) is 18.2. The number of imidazole rings is 1. The second-order valence-electron chi connectivity index (χ2n) is 8.62. The summed E-state index contributed by atoms with van der Waals surface area (Å²) in [6, 6.07) is 14.2. The number of halogens is 3. The first-order valence-electron chi connectivity index (χ1n) is 11.5. The van der Waals surface area contributed by atoms with Gasteiger partial charge in [-0.25, -0.2) is 15.0 Å². The molecule has 0 unspecified atom stereocenters. The summed E-state index contributed by atoms with van der Waals surface area (Å²) in [7, 11) is 1.83. The molecule has 0 aliphatic heterocycles. The second kappa shape index (κ2) is 9.92. The fraction of sp³-hybridized carbons (Fsp3) is 0.148. The van der Waals surface area contributed by atoms with Crippen LogP contribution >= 0.6 is 0 Å². The molecule has 0 aliphatic rings. The lowest BCUT2D eigenvalue weighted by Crippen LogP contribution is -2.17. The predicted octanol–water partition coefficient (Wildman–Crippen LogP) is 5.80. The molecule has 0 fully saturated rings. The minimum Gasteiger partial charge on any atom is -0.406 e. The molecular formula is C27H21F3N6O2. The first-order valence-corrected chi connectivity index (χ1v) is 11.5. The molecule has 1 N–H and O–H groups in total. The normalized spacial score (nSPS) is 11.5. The monoisotopic (exact) mass is 518 g/mol. The van der Waals surface area contributed by atoms with E-state index >= 15 is 0 Å². The highest BCUT2D eigenvalue weighted by Crippen LogP contribution is 2.29. The molecule has 0 aliphatic carbocycles. The van der Waals surface area contributed by atoms with Gasteiger partial charge in [0.15, 0.2) is 28.6 Å². The van der Waals surface area contributed by atoms with Gasteiger partial charge in [0, 0.05) is 42.7 Å². The largest absolute Gasteiger partial charge is 0.573 e. The lowest BCUT2D eigenvalue weighted by Gasteiger charge is -2.13. The van der Waals surface area contributed by atoms with E-state index < -0.39 is 6.36 Å². The maximum Gasteiger partial charge on any atom is 0.573 e. The number of alkyl halides is 3. The molecule has 0 atom stereocenters. The number of Topliss-reactive ketones (excluding diaryl/α,β-unsaturated/α-hetero) is 1. The summed E-state index contributed by atoms with van der Waals surface area (Å²) in [5, 5.41) is 3.29. The van der Waals surface area contributed by atoms with Gasteiger partial charge in [-0.1, -0.05) is 24.3 Å². The molecule has 192 valence electrons. The molecule has 38 heavy (non-hydrogen) atoms. The molecule has 0 saturated carbocycles. The van der Waals surface area contributed by atoms with Crippen molar-refractivity contribution < 1.29 is 22.7 Å². The molecular weight excluding hydrogens is 497 g/mol. The van der Waals surface area contributed by atoms with Gasteiger partial charge < -0.3 is 14.6 Å². The van der Waals surface area contributed by atoms with Crippen LogP contribution in [0.25, 0.3) is 22.6 Å². The number of carbonyl (C=O) groups excluding carboxylic acids is 1. The van der Waals surface area contributed by atoms with Crippen LogP contribution in [-0.2, 0) is 13.5 Å². The van der Waals surface area contributed by atoms with Crippen LogP contribution in [0.1, 0.15) is 21.5 Å². The smallest absolute Gasteiger partial charge is 0.406 e. The number of pyridine rings is 1. The van der Waals surface area contributed by atoms with Gasteiger partial charge in [0.2, 0.25) is 0 Å². The number of ketones is 1. The molecule has 5 aromatic rings. The Bertz CT molecular complexity index is 1630. The van der Waals surface area contributed by atoms with Gasteiger partial charge in [-0.15, -0.1) is 13.2 Å². The SMILES string of the molecule is Cc1ccc(C(=O)Cc2cccc(OC(F)(F)F)c2)cc1Nc1nc(-c2cccnc2)nc2c1ncn2C. The van der Waals surface area contributed by atoms with Gasteiger partial charge in [0.1, 0.15) is 5.75 Å². The summed E-state index contributed by atoms with van der Waals surface area (Å²) >= 11 is 0. The topological polar surface area (TPSA) is 94.8 Å². The number of anilines is 2. The third kappa shape index (κ3) is 5.46. The van der Waals surface area contributed by atoms with Gasteiger partial charge in [0.25, 0.3) is 0 Å². The summed E-state index contributed by atoms with van der Waals surface area (Å²) in [5.41, 5.74) is 4.18. The first kappa shape index (κ1) is 24.9. The van der Waals surface area contributed by atoms with Crippen LogP contribution < -0.4 is 10.1 Å². The number of nitrogens with zero attached hydrogens (tertiary/aromatic N) is 5. The highest BCUT2D eigenvalue weighted by Gasteiger charge is 2.31. The van der Waals surface area contributed by atoms with Crippen LogP contribution in [0.15, 0.2) is 73.3 Å². The molecule has 5 rings (SSSR count). The number of aryl methyl sites for hydroxylation is 2. The Balaban J connectivity index is 1.44. The van der Waals surface area contributed by atoms with Crippen molar-refractivity contribution in [3.8, 4) is 17.1 Å². The number of rotatable bonds is 7. The highest BCUT2D eigenvalue weighted by molar-refractivity contribution is 5.99. The molecule has 8 nitrogen and oxygen atoms in total. The van der Waals surface area contributed by atoms with Gasteiger partial charge in [0.05, 0.1) is 6.33 Å². The molecule has 3 heterocycles. The minimum absolute atomic E-state index is 0.0965. The molecule has 2 aromatic carbocycles. The molecule has 3 aromatic heterocycles. The number of hydrogen-bond donors (Lipinski definition) is 1. The van der Waals surface area contributed by atoms with Crippen molar-refractivity contribution in [1.82, 2.24) is 24.5 Å². The van der Waals surface area contributed by atoms with Crippen molar-refractivity contribution in [2.45, 2.75) is 19.7 Å². The highest BCUT2D eigenvalue weighted by atomic mass is 19.4. The van der Waals surface area contributed by atoms with Crippen molar-refractivity contribution >= 4 is 28.5 Å². The third-order valence-corrected chi connectivity index (χ3v) is 5.79. The van der Waals surface area contributed by atoms with Crippen molar-refractivity contribution in [3.63, 3.8) is 0 Å². The fourth-order valence-electron chi connectivity index (χ4n) is 3.92. The van der Waals surface area contributed by atoms with Crippen molar-refractivity contribution in [2.24, 2.45) is 7.05 Å². The molecule has 0 radical (unpaired) electrons. The number of carbonyl (C=O) groups is 1. The van der Waals surface area contributed by atoms with E-state index in [9.17, 15) is 18.0 Å². The van der Waals surface area contributed by atoms with E-state index in [4.69, 9.17) is 0 Å². The fourth-order valence-corrected chi connectivity index (χ4v) is 3.92. The van der Waals surface area contributed by atoms with E-state index in [2.05, 4.69) is 30.0 Å². The van der Waals surface area contributed by atoms with Crippen LogP contribution in [0.3, 0.4) is 0 Å². The maximum atomic E-state index is 13.0. The second-order valence-corrected chi connectivity index (χ2v) is 8.62. The van der Waals surface area contributed by atoms with E-state index in [1.54, 1.807) is 53.6 Å². The molecule has 0 saturated heterocycles. The van der Waals surface area contributed by atoms with Crippen LogP contribution in [-0.4, -0.2) is 36.6 Å².